The van der Waals surface area contributed by atoms with Gasteiger partial charge in [0.1, 0.15) is 50.8 Å². The summed E-state index contributed by atoms with van der Waals surface area (Å²) in [6, 6.07) is 16.9. The third-order valence-electron chi connectivity index (χ3n) is 22.5. The van der Waals surface area contributed by atoms with Crippen molar-refractivity contribution in [2.45, 2.75) is 186 Å². The molecule has 3 aromatic rings. The summed E-state index contributed by atoms with van der Waals surface area (Å²) in [4.78, 5) is 159. The van der Waals surface area contributed by atoms with Crippen LogP contribution in [0.3, 0.4) is 0 Å². The van der Waals surface area contributed by atoms with Crippen molar-refractivity contribution in [2.75, 3.05) is 96.0 Å². The minimum atomic E-state index is -2.39. The molecule has 13 atom stereocenters. The second-order valence-electron chi connectivity index (χ2n) is 30.8. The molecule has 0 bridgehead atoms. The van der Waals surface area contributed by atoms with Crippen molar-refractivity contribution in [1.29, 1.82) is 0 Å². The second-order valence-corrected chi connectivity index (χ2v) is 30.8. The quantitative estimate of drug-likeness (QED) is 0.0242. The zero-order valence-corrected chi connectivity index (χ0v) is 66.9. The molecule has 2 heterocycles. The van der Waals surface area contributed by atoms with Crippen molar-refractivity contribution in [2.24, 2.45) is 34.3 Å². The topological polar surface area (TPSA) is 445 Å². The Morgan fingerprint density at radius 3 is 2.09 bits per heavy atom. The number of alkyl carbamates (subject to hydrolysis) is 1. The van der Waals surface area contributed by atoms with Gasteiger partial charge in [-0.3, -0.25) is 47.9 Å². The van der Waals surface area contributed by atoms with Gasteiger partial charge in [0.2, 0.25) is 41.4 Å². The third kappa shape index (κ3) is 23.1. The fourth-order valence-electron chi connectivity index (χ4n) is 16.6. The maximum absolute atomic E-state index is 17.9. The van der Waals surface area contributed by atoms with Gasteiger partial charge in [-0.1, -0.05) is 94.8 Å². The Kier molecular flexibility index (Phi) is 33.0. The lowest BCUT2D eigenvalue weighted by molar-refractivity contribution is -0.235. The summed E-state index contributed by atoms with van der Waals surface area (Å²) in [5, 5.41) is 41.9. The molecule has 34 heteroatoms. The molecule has 0 spiro atoms. The highest BCUT2D eigenvalue weighted by Gasteiger charge is 2.80. The number of primary amides is 1. The first-order valence-corrected chi connectivity index (χ1v) is 39.8. The molecule has 117 heavy (non-hydrogen) atoms. The van der Waals surface area contributed by atoms with E-state index in [1.165, 1.54) is 43.3 Å². The van der Waals surface area contributed by atoms with Crippen LogP contribution in [0.5, 0.6) is 0 Å². The molecule has 3 aromatic carbocycles. The zero-order valence-electron chi connectivity index (χ0n) is 66.9. The molecule has 12 N–H and O–H groups in total. The van der Waals surface area contributed by atoms with Crippen molar-refractivity contribution in [3.8, 4) is 0 Å². The number of anilines is 2. The number of hydrogen-bond donors (Lipinski definition) is 11. The number of carboxylic acids is 1. The summed E-state index contributed by atoms with van der Waals surface area (Å²) < 4.78 is 80.1. The van der Waals surface area contributed by atoms with E-state index in [4.69, 9.17) is 43.6 Å². The summed E-state index contributed by atoms with van der Waals surface area (Å²) in [5.41, 5.74) is 3.80. The lowest BCUT2D eigenvalue weighted by Crippen LogP contribution is -2.71. The van der Waals surface area contributed by atoms with Gasteiger partial charge in [0, 0.05) is 61.2 Å². The van der Waals surface area contributed by atoms with E-state index in [2.05, 4.69) is 55.5 Å². The first-order chi connectivity index (χ1) is 55.9. The van der Waals surface area contributed by atoms with Crippen molar-refractivity contribution in [3.05, 3.63) is 119 Å². The number of fused-ring (bicyclic) bond motifs is 9. The van der Waals surface area contributed by atoms with Crippen LogP contribution >= 0.6 is 0 Å². The van der Waals surface area contributed by atoms with Crippen LogP contribution in [0.25, 0.3) is 11.6 Å². The van der Waals surface area contributed by atoms with Crippen LogP contribution in [-0.2, 0) is 99.0 Å². The van der Waals surface area contributed by atoms with Crippen LogP contribution in [0.2, 0.25) is 0 Å². The van der Waals surface area contributed by atoms with E-state index in [0.29, 0.717) is 24.9 Å². The zero-order chi connectivity index (χ0) is 84.6. The highest BCUT2D eigenvalue weighted by molar-refractivity contribution is 6.02. The number of aliphatic hydroxyl groups excluding tert-OH is 1. The molecule has 10 amide bonds. The predicted octanol–water partition coefficient (Wildman–Crippen LogP) is 5.60. The second kappa shape index (κ2) is 42.5. The molecule has 1 saturated heterocycles. The number of urea groups is 1. The van der Waals surface area contributed by atoms with Gasteiger partial charge >= 0.3 is 18.1 Å². The van der Waals surface area contributed by atoms with Gasteiger partial charge in [0.25, 0.3) is 0 Å². The smallest absolute Gasteiger partial charge is 0.407 e. The minimum Gasteiger partial charge on any atom is -0.481 e. The molecule has 4 fully saturated rings. The molecule has 9 rings (SSSR count). The average molecular weight is 1640 g/mol. The molecular weight excluding hydrogens is 1530 g/mol. The maximum Gasteiger partial charge on any atom is 0.407 e. The van der Waals surface area contributed by atoms with Gasteiger partial charge < -0.3 is 101 Å². The van der Waals surface area contributed by atoms with Gasteiger partial charge in [0.15, 0.2) is 29.1 Å². The number of alkyl halides is 2. The molecule has 4 aliphatic carbocycles. The Hall–Kier alpha value is -9.94. The first-order valence-electron chi connectivity index (χ1n) is 39.8. The molecule has 6 aliphatic rings. The van der Waals surface area contributed by atoms with Crippen molar-refractivity contribution < 1.29 is 114 Å². The van der Waals surface area contributed by atoms with Crippen LogP contribution in [0.4, 0.5) is 29.7 Å². The van der Waals surface area contributed by atoms with E-state index >= 15 is 8.78 Å². The Bertz CT molecular complexity index is 4150. The fourth-order valence-corrected chi connectivity index (χ4v) is 16.6. The van der Waals surface area contributed by atoms with E-state index in [0.717, 1.165) is 34.0 Å². The fraction of sp³-hybridized carbons (Fsp3) is 0.566. The largest absolute Gasteiger partial charge is 0.481 e. The number of carboxylic acid groups (broad SMARTS) is 1. The number of nitrogens with two attached hydrogens (primary N) is 1. The van der Waals surface area contributed by atoms with Crippen molar-refractivity contribution >= 4 is 94.0 Å². The Labute approximate surface area is 677 Å². The number of nitrogens with one attached hydrogen (secondary N) is 8. The number of aliphatic carboxylic acids is 1. The minimum absolute atomic E-state index is 0.0190. The molecule has 2 aliphatic heterocycles. The Balaban J connectivity index is 0.639. The SMILES string of the molecule is CCCC1O[C@@H]2C[C@H]3[C@@H]4C[C@H](F)C5=CC(=O)C=C[C@]5(C)[C@@]4(F)[C@@H](O)C[C@]3(C)[C@]2(C(=O)COCNC(=O)CNC(=O)OCc2ccc(NC(=O)[C@H](CCCNC(N)=O)NC(=O)[C@@H](NC(=O)[C@@H](CCC(=O)O)NC(=O)CCOCCOCCOCCOCCNC(=O)CCC(=O)N3Cc4ccccc4/C(C)=C\c4ccccc43)C(C)C)cc2)O1. The maximum atomic E-state index is 17.9. The number of Topliss-reactive ketones (excluding diaryl/α,β-unsaturated/α-hetero) is 1. The van der Waals surface area contributed by atoms with E-state index in [1.54, 1.807) is 25.7 Å². The van der Waals surface area contributed by atoms with E-state index < -0.39 is 168 Å². The summed E-state index contributed by atoms with van der Waals surface area (Å²) in [5.74, 6) is -8.89. The number of ketones is 2. The van der Waals surface area contributed by atoms with Crippen LogP contribution in [0.1, 0.15) is 141 Å². The molecule has 3 saturated carbocycles. The number of carbonyl (C=O) groups excluding carboxylic acids is 11. The lowest BCUT2D eigenvalue weighted by atomic mass is 9.44. The molecule has 0 aromatic heterocycles. The van der Waals surface area contributed by atoms with Crippen molar-refractivity contribution in [3.63, 3.8) is 0 Å². The lowest BCUT2D eigenvalue weighted by Gasteiger charge is -2.63. The average Bonchev–Trinajstić information content (AvgIpc) is 1.53. The summed E-state index contributed by atoms with van der Waals surface area (Å²) in [7, 11) is 0. The van der Waals surface area contributed by atoms with E-state index in [9.17, 15) is 67.7 Å². The summed E-state index contributed by atoms with van der Waals surface area (Å²) in [6.07, 6.45) is -0.678. The molecule has 638 valence electrons. The number of rotatable bonds is 44. The van der Waals surface area contributed by atoms with E-state index in [1.807, 2.05) is 55.5 Å². The van der Waals surface area contributed by atoms with Crippen LogP contribution < -0.4 is 53.2 Å². The van der Waals surface area contributed by atoms with Gasteiger partial charge in [-0.15, -0.1) is 0 Å². The molecule has 32 nitrogen and oxygen atoms in total. The number of ether oxygens (including phenoxy) is 8. The number of benzene rings is 3. The van der Waals surface area contributed by atoms with Gasteiger partial charge in [-0.2, -0.15) is 0 Å². The molecular formula is C83H110F2N10O22. The van der Waals surface area contributed by atoms with Crippen LogP contribution in [-0.4, -0.2) is 221 Å². The molecule has 1 unspecified atom stereocenters. The highest BCUT2D eigenvalue weighted by Crippen LogP contribution is 2.72. The number of aliphatic hydroxyl groups is 1. The Morgan fingerprint density at radius 2 is 1.39 bits per heavy atom. The van der Waals surface area contributed by atoms with Gasteiger partial charge in [0.05, 0.1) is 77.3 Å². The first kappa shape index (κ1) is 91.0. The number of allylic oxidation sites excluding steroid dienone is 5. The van der Waals surface area contributed by atoms with Crippen LogP contribution in [0.15, 0.2) is 96.6 Å². The highest BCUT2D eigenvalue weighted by atomic mass is 19.1. The van der Waals surface area contributed by atoms with Gasteiger partial charge in [-0.05, 0) is 140 Å². The summed E-state index contributed by atoms with van der Waals surface area (Å²) >= 11 is 0. The number of carbonyl (C=O) groups is 12. The Morgan fingerprint density at radius 1 is 0.709 bits per heavy atom. The van der Waals surface area contributed by atoms with Crippen molar-refractivity contribution in [1.82, 2.24) is 37.2 Å². The normalized spacial score (nSPS) is 24.6. The molecule has 0 radical (unpaired) electrons. The monoisotopic (exact) mass is 1640 g/mol. The number of amides is 10. The number of hydrogen-bond acceptors (Lipinski definition) is 21. The van der Waals surface area contributed by atoms with Crippen LogP contribution in [0, 0.1) is 28.6 Å². The van der Waals surface area contributed by atoms with Gasteiger partial charge in [-0.25, -0.2) is 18.4 Å². The number of nitrogens with zero attached hydrogens (tertiary/aromatic N) is 1. The van der Waals surface area contributed by atoms with E-state index in [-0.39, 0.29) is 153 Å². The summed E-state index contributed by atoms with van der Waals surface area (Å²) in [6.45, 7) is 10.5. The number of para-hydroxylation sites is 1. The third-order valence-corrected chi connectivity index (χ3v) is 22.5. The predicted molar refractivity (Wildman–Crippen MR) is 421 cm³/mol. The standard InChI is InChI=1S/C83H110F2N10O22/c1-7-13-73-116-67-43-58-59-42-61(84)60-41-56(96)27-29-80(60,5)82(59,85)65(97)44-81(58,6)83(67,117-73)66(98)48-114-49-90-70(101)45-89-79(109)115-47-52-19-21-55(22-20-52)91-75(105)62(17-12-30-88-78(86)108)93-77(107)74(50(2)3)94-76(106)63(23-26-72(103)104)92-69(100)28-32-110-34-36-112-38-39-113-37-35-111-33-31-87-68(99)24-25-71(102)95-46-54-15-8-10-16-57(54)51(4)40-53-14-9-11-18-64(53)95/h8-11,14-16,18-22,27,29,40-41,50,58-59,61-63,65,67,73-74,97H,7,12-13,17,23-26,28,30-39,42-49H2,1-6H3,(H,87,99)(H,89,109)(H,90,101)(H,91,105)(H,92,100)(H,93,107)(H,94,106)(H,103,104)(H3,86,88,108)/b51-40-/t58-,59-,61-,62-,63+,65-,67+,73?,74-,80-,81-,82-,83+/m0/s1. The number of halogens is 2.